The fraction of sp³-hybridized carbons (Fsp3) is 0. The number of carboxylic acid groups (broad SMARTS) is 4. The van der Waals surface area contributed by atoms with Gasteiger partial charge in [0.05, 0.1) is 11.9 Å². The Morgan fingerprint density at radius 3 is 0.933 bits per heavy atom. The molecule has 1 N–H and O–H groups in total. The van der Waals surface area contributed by atoms with Crippen molar-refractivity contribution in [2.75, 3.05) is 0 Å². The van der Waals surface area contributed by atoms with Crippen LogP contribution in [0.2, 0.25) is 0 Å². The number of carbonyl (C=O) groups excluding carboxylic acids is 3. The first kappa shape index (κ1) is 29.5. The second kappa shape index (κ2) is 16.6. The molecule has 0 fully saturated rings. The van der Waals surface area contributed by atoms with E-state index in [-0.39, 0.29) is 78.6 Å². The van der Waals surface area contributed by atoms with Gasteiger partial charge in [-0.3, -0.25) is 0 Å². The van der Waals surface area contributed by atoms with Gasteiger partial charge in [-0.05, 0) is 0 Å². The predicted molar refractivity (Wildman–Crippen MR) is 23.3 cm³/mol. The molecule has 0 spiro atoms. The average molecular weight is 280 g/mol. The first-order chi connectivity index (χ1) is 5.29. The van der Waals surface area contributed by atoms with Crippen LogP contribution in [0, 0.1) is 0 Å². The van der Waals surface area contributed by atoms with E-state index in [0.717, 1.165) is 0 Å². The van der Waals surface area contributed by atoms with Gasteiger partial charge in [0.15, 0.2) is 5.97 Å². The van der Waals surface area contributed by atoms with Crippen molar-refractivity contribution < 1.29 is 118 Å². The Morgan fingerprint density at radius 1 is 0.800 bits per heavy atom. The zero-order chi connectivity index (χ0) is 10.3. The van der Waals surface area contributed by atoms with Crippen molar-refractivity contribution >= 4 is 23.9 Å². The minimum absolute atomic E-state index is 0. The quantitative estimate of drug-likeness (QED) is 0.334. The van der Waals surface area contributed by atoms with Gasteiger partial charge >= 0.3 is 79.1 Å². The summed E-state index contributed by atoms with van der Waals surface area (Å²) in [7, 11) is 0. The molecule has 11 heteroatoms. The van der Waals surface area contributed by atoms with E-state index in [4.69, 9.17) is 39.6 Å². The summed E-state index contributed by atoms with van der Waals surface area (Å²) in [5.41, 5.74) is 0. The Morgan fingerprint density at radius 2 is 0.933 bits per heavy atom. The number of carbonyl (C=O) groups is 4. The van der Waals surface area contributed by atoms with E-state index in [1.54, 1.807) is 0 Å². The third-order valence-electron chi connectivity index (χ3n) is 0.341. The van der Waals surface area contributed by atoms with Crippen molar-refractivity contribution in [1.82, 2.24) is 0 Å². The van der Waals surface area contributed by atoms with E-state index in [1.165, 1.54) is 0 Å². The Kier molecular flexibility index (Phi) is 32.6. The summed E-state index contributed by atoms with van der Waals surface area (Å²) in [4.78, 5) is 35.9. The van der Waals surface area contributed by atoms with Gasteiger partial charge in [-0.2, -0.15) is 0 Å². The normalized spacial score (nSPS) is 5.87. The van der Waals surface area contributed by atoms with Gasteiger partial charge < -0.3 is 40.3 Å². The zero-order valence-corrected chi connectivity index (χ0v) is 11.9. The van der Waals surface area contributed by atoms with E-state index >= 15 is 0 Å². The summed E-state index contributed by atoms with van der Waals surface area (Å²) >= 11 is 0. The second-order valence-corrected chi connectivity index (χ2v) is 1.17. The van der Waals surface area contributed by atoms with Gasteiger partial charge in [0, 0.05) is 0 Å². The standard InChI is InChI=1S/2C2H2O4.K.O.Ti/c2*3-1(4)2(5)6;;;/h2*(H,3,4)(H,5,6);;;/q;;+1;-2;+4/p-3. The number of aliphatic carboxylic acids is 4. The van der Waals surface area contributed by atoms with Crippen LogP contribution in [0.5, 0.6) is 0 Å². The summed E-state index contributed by atoms with van der Waals surface area (Å²) in [5.74, 6) is -8.38. The van der Waals surface area contributed by atoms with Gasteiger partial charge in [0.2, 0.25) is 0 Å². The van der Waals surface area contributed by atoms with Crippen LogP contribution in [-0.2, 0) is 46.4 Å². The summed E-state index contributed by atoms with van der Waals surface area (Å²) < 4.78 is 0. The SMILES string of the molecule is O=C([O-])C(=O)O.O=C([O-])C(=O)[O-].[K+].[O-2].[Ti+4]. The molecule has 0 saturated carbocycles. The Balaban J connectivity index is -0.0000000370. The van der Waals surface area contributed by atoms with E-state index in [2.05, 4.69) is 0 Å². The molecule has 0 aromatic heterocycles. The Bertz CT molecular complexity index is 178. The van der Waals surface area contributed by atoms with Crippen LogP contribution < -0.4 is 66.7 Å². The van der Waals surface area contributed by atoms with Crippen molar-refractivity contribution in [3.8, 4) is 0 Å². The molecule has 0 atom stereocenters. The minimum Gasteiger partial charge on any atom is -2.00 e. The van der Waals surface area contributed by atoms with E-state index in [9.17, 15) is 0 Å². The number of hydrogen-bond donors (Lipinski definition) is 1. The second-order valence-electron chi connectivity index (χ2n) is 1.17. The Labute approximate surface area is 140 Å². The van der Waals surface area contributed by atoms with Crippen molar-refractivity contribution in [3.63, 3.8) is 0 Å². The summed E-state index contributed by atoms with van der Waals surface area (Å²) in [5, 5.41) is 34.2. The molecule has 9 nitrogen and oxygen atoms in total. The molecule has 0 heterocycles. The van der Waals surface area contributed by atoms with Gasteiger partial charge in [-0.25, -0.2) is 4.79 Å². The van der Waals surface area contributed by atoms with E-state index in [1.807, 2.05) is 0 Å². The molecular weight excluding hydrogens is 279 g/mol. The third-order valence-corrected chi connectivity index (χ3v) is 0.341. The van der Waals surface area contributed by atoms with Crippen molar-refractivity contribution in [1.29, 1.82) is 0 Å². The first-order valence-electron chi connectivity index (χ1n) is 2.15. The summed E-state index contributed by atoms with van der Waals surface area (Å²) in [6.45, 7) is 0. The molecule has 0 amide bonds. The fourth-order valence-corrected chi connectivity index (χ4v) is 0. The molecule has 0 saturated heterocycles. The fourth-order valence-electron chi connectivity index (χ4n) is 0. The van der Waals surface area contributed by atoms with Crippen LogP contribution in [0.1, 0.15) is 0 Å². The van der Waals surface area contributed by atoms with Crippen LogP contribution in [0.4, 0.5) is 0 Å². The molecule has 15 heavy (non-hydrogen) atoms. The van der Waals surface area contributed by atoms with Crippen LogP contribution in [-0.4, -0.2) is 29.0 Å². The number of carboxylic acids is 4. The van der Waals surface area contributed by atoms with Crippen LogP contribution in [0.3, 0.4) is 0 Å². The molecular formula is C4HKO9Ti. The summed E-state index contributed by atoms with van der Waals surface area (Å²) in [6, 6.07) is 0. The molecule has 0 unspecified atom stereocenters. The van der Waals surface area contributed by atoms with Gasteiger partial charge in [-0.1, -0.05) is 0 Å². The van der Waals surface area contributed by atoms with Gasteiger partial charge in [-0.15, -0.1) is 0 Å². The third kappa shape index (κ3) is 31.4. The van der Waals surface area contributed by atoms with Crippen LogP contribution in [0.15, 0.2) is 0 Å². The van der Waals surface area contributed by atoms with Crippen LogP contribution >= 0.6 is 0 Å². The molecule has 0 rings (SSSR count). The Hall–Kier alpha value is 0.191. The van der Waals surface area contributed by atoms with Gasteiger partial charge in [0.1, 0.15) is 0 Å². The van der Waals surface area contributed by atoms with Crippen molar-refractivity contribution in [2.45, 2.75) is 0 Å². The molecule has 0 radical (unpaired) electrons. The topological polar surface area (TPSA) is 186 Å². The van der Waals surface area contributed by atoms with Crippen LogP contribution in [0.25, 0.3) is 0 Å². The monoisotopic (exact) mass is 280 g/mol. The number of rotatable bonds is 0. The molecule has 0 aromatic rings. The molecule has 76 valence electrons. The van der Waals surface area contributed by atoms with Crippen molar-refractivity contribution in [2.24, 2.45) is 0 Å². The zero-order valence-electron chi connectivity index (χ0n) is 7.21. The van der Waals surface area contributed by atoms with E-state index in [0.29, 0.717) is 0 Å². The smallest absolute Gasteiger partial charge is 2.00 e. The molecule has 0 aliphatic heterocycles. The maximum Gasteiger partial charge on any atom is 4.00 e. The molecule has 0 bridgehead atoms. The molecule has 0 aliphatic rings. The molecule has 0 aliphatic carbocycles. The predicted octanol–water partition coefficient (Wildman–Crippen LogP) is -8.81. The van der Waals surface area contributed by atoms with Gasteiger partial charge in [0.25, 0.3) is 0 Å². The first-order valence-corrected chi connectivity index (χ1v) is 2.15. The number of hydrogen-bond acceptors (Lipinski definition) is 7. The maximum absolute atomic E-state index is 9.04. The minimum atomic E-state index is -2.19. The average Bonchev–Trinajstić information content (AvgIpc) is 1.88. The largest absolute Gasteiger partial charge is 4.00 e. The van der Waals surface area contributed by atoms with E-state index < -0.39 is 23.9 Å². The summed E-state index contributed by atoms with van der Waals surface area (Å²) in [6.07, 6.45) is 0. The maximum atomic E-state index is 9.04. The molecule has 0 aromatic carbocycles. The van der Waals surface area contributed by atoms with Crippen molar-refractivity contribution in [3.05, 3.63) is 0 Å².